The molecule has 0 saturated heterocycles. The van der Waals surface area contributed by atoms with Crippen molar-refractivity contribution in [1.29, 1.82) is 0 Å². The van der Waals surface area contributed by atoms with Crippen molar-refractivity contribution in [2.45, 2.75) is 76.3 Å². The first-order valence-electron chi connectivity index (χ1n) is 7.66. The highest BCUT2D eigenvalue weighted by molar-refractivity contribution is 5.03. The minimum atomic E-state index is 0.636. The summed E-state index contributed by atoms with van der Waals surface area (Å²) in [5.41, 5.74) is 3.75. The molecule has 0 radical (unpaired) electrons. The lowest BCUT2D eigenvalue weighted by Crippen LogP contribution is -2.45. The summed E-state index contributed by atoms with van der Waals surface area (Å²) < 4.78 is 0. The van der Waals surface area contributed by atoms with E-state index in [2.05, 4.69) is 22.7 Å². The molecule has 0 aromatic heterocycles. The Morgan fingerprint density at radius 2 is 1.47 bits per heavy atom. The maximum atomic E-state index is 3.75. The Labute approximate surface area is 105 Å². The zero-order chi connectivity index (χ0) is 11.5. The van der Waals surface area contributed by atoms with Crippen LogP contribution in [-0.4, -0.2) is 17.1 Å². The van der Waals surface area contributed by atoms with Crippen LogP contribution >= 0.6 is 0 Å². The summed E-state index contributed by atoms with van der Waals surface area (Å²) in [5, 5.41) is 2.43. The first-order valence-corrected chi connectivity index (χ1v) is 7.66. The van der Waals surface area contributed by atoms with Crippen LogP contribution in [0.1, 0.15) is 64.2 Å². The molecule has 96 valence electrons. The van der Waals surface area contributed by atoms with Crippen LogP contribution in [0, 0.1) is 5.92 Å². The van der Waals surface area contributed by atoms with E-state index in [0.29, 0.717) is 6.04 Å². The van der Waals surface area contributed by atoms with Gasteiger partial charge in [-0.1, -0.05) is 38.5 Å². The van der Waals surface area contributed by atoms with Gasteiger partial charge in [0.1, 0.15) is 0 Å². The predicted molar refractivity (Wildman–Crippen MR) is 71.4 cm³/mol. The monoisotopic (exact) mass is 234 g/mol. The Bertz CT molecular complexity index is 236. The van der Waals surface area contributed by atoms with Crippen molar-refractivity contribution < 1.29 is 0 Å². The van der Waals surface area contributed by atoms with Crippen molar-refractivity contribution >= 4 is 0 Å². The standard InChI is InChI=1S/C15H26N2/c1-3-7-13(8-4-1)15-11-12-17(16-15)14-9-5-2-6-10-14/h11-16H,1-10H2. The predicted octanol–water partition coefficient (Wildman–Crippen LogP) is 3.60. The highest BCUT2D eigenvalue weighted by Crippen LogP contribution is 2.30. The van der Waals surface area contributed by atoms with Gasteiger partial charge < -0.3 is 5.01 Å². The molecule has 2 heteroatoms. The smallest absolute Gasteiger partial charge is 0.0488 e. The highest BCUT2D eigenvalue weighted by atomic mass is 15.5. The second-order valence-electron chi connectivity index (χ2n) is 6.09. The fourth-order valence-corrected chi connectivity index (χ4v) is 3.79. The summed E-state index contributed by atoms with van der Waals surface area (Å²) >= 11 is 0. The van der Waals surface area contributed by atoms with Crippen molar-refractivity contribution in [3.8, 4) is 0 Å². The van der Waals surface area contributed by atoms with E-state index in [-0.39, 0.29) is 0 Å². The summed E-state index contributed by atoms with van der Waals surface area (Å²) in [6.45, 7) is 0. The van der Waals surface area contributed by atoms with E-state index in [1.165, 1.54) is 64.2 Å². The van der Waals surface area contributed by atoms with E-state index < -0.39 is 0 Å². The quantitative estimate of drug-likeness (QED) is 0.785. The largest absolute Gasteiger partial charge is 0.312 e. The van der Waals surface area contributed by atoms with Crippen molar-refractivity contribution in [2.24, 2.45) is 5.92 Å². The normalized spacial score (nSPS) is 32.2. The van der Waals surface area contributed by atoms with Crippen molar-refractivity contribution in [3.05, 3.63) is 12.3 Å². The molecule has 0 bridgehead atoms. The zero-order valence-electron chi connectivity index (χ0n) is 10.9. The van der Waals surface area contributed by atoms with Crippen molar-refractivity contribution in [2.75, 3.05) is 0 Å². The third-order valence-electron chi connectivity index (χ3n) is 4.88. The van der Waals surface area contributed by atoms with Crippen LogP contribution in [-0.2, 0) is 0 Å². The molecule has 0 amide bonds. The number of hydrogen-bond donors (Lipinski definition) is 1. The molecule has 0 spiro atoms. The SMILES string of the molecule is C1=CN(C2CCCCC2)NC1C1CCCCC1. The van der Waals surface area contributed by atoms with Crippen LogP contribution in [0.25, 0.3) is 0 Å². The van der Waals surface area contributed by atoms with E-state index in [1.807, 2.05) is 0 Å². The second kappa shape index (κ2) is 5.43. The maximum Gasteiger partial charge on any atom is 0.0488 e. The molecule has 2 aliphatic carbocycles. The van der Waals surface area contributed by atoms with E-state index in [9.17, 15) is 0 Å². The van der Waals surface area contributed by atoms with Crippen LogP contribution in [0.4, 0.5) is 0 Å². The molecular weight excluding hydrogens is 208 g/mol. The van der Waals surface area contributed by atoms with Gasteiger partial charge in [-0.15, -0.1) is 0 Å². The Kier molecular flexibility index (Phi) is 3.70. The highest BCUT2D eigenvalue weighted by Gasteiger charge is 2.29. The summed E-state index contributed by atoms with van der Waals surface area (Å²) in [4.78, 5) is 0. The summed E-state index contributed by atoms with van der Waals surface area (Å²) in [6.07, 6.45) is 19.0. The molecule has 1 unspecified atom stereocenters. The topological polar surface area (TPSA) is 15.3 Å². The molecule has 1 atom stereocenters. The summed E-state index contributed by atoms with van der Waals surface area (Å²) in [5.74, 6) is 0.897. The van der Waals surface area contributed by atoms with Gasteiger partial charge in [0.25, 0.3) is 0 Å². The molecule has 2 nitrogen and oxygen atoms in total. The van der Waals surface area contributed by atoms with E-state index in [4.69, 9.17) is 0 Å². The molecule has 0 aromatic rings. The summed E-state index contributed by atoms with van der Waals surface area (Å²) in [6, 6.07) is 1.41. The average molecular weight is 234 g/mol. The van der Waals surface area contributed by atoms with E-state index in [1.54, 1.807) is 0 Å². The second-order valence-corrected chi connectivity index (χ2v) is 6.09. The van der Waals surface area contributed by atoms with Gasteiger partial charge in [0.05, 0.1) is 0 Å². The minimum Gasteiger partial charge on any atom is -0.312 e. The van der Waals surface area contributed by atoms with Gasteiger partial charge in [0.15, 0.2) is 0 Å². The zero-order valence-corrected chi connectivity index (χ0v) is 10.9. The van der Waals surface area contributed by atoms with Crippen LogP contribution in [0.15, 0.2) is 12.3 Å². The first kappa shape index (κ1) is 11.6. The van der Waals surface area contributed by atoms with Gasteiger partial charge >= 0.3 is 0 Å². The average Bonchev–Trinajstić information content (AvgIpc) is 2.90. The van der Waals surface area contributed by atoms with Crippen LogP contribution in [0.2, 0.25) is 0 Å². The summed E-state index contributed by atoms with van der Waals surface area (Å²) in [7, 11) is 0. The molecule has 2 saturated carbocycles. The number of nitrogens with zero attached hydrogens (tertiary/aromatic N) is 1. The van der Waals surface area contributed by atoms with Crippen LogP contribution < -0.4 is 5.43 Å². The van der Waals surface area contributed by atoms with Gasteiger partial charge in [0, 0.05) is 18.3 Å². The molecule has 3 rings (SSSR count). The molecule has 0 aromatic carbocycles. The Morgan fingerprint density at radius 3 is 2.18 bits per heavy atom. The Morgan fingerprint density at radius 1 is 0.824 bits per heavy atom. The molecule has 1 N–H and O–H groups in total. The minimum absolute atomic E-state index is 0.636. The molecule has 1 heterocycles. The van der Waals surface area contributed by atoms with Crippen LogP contribution in [0.5, 0.6) is 0 Å². The molecular formula is C15H26N2. The van der Waals surface area contributed by atoms with E-state index >= 15 is 0 Å². The lowest BCUT2D eigenvalue weighted by molar-refractivity contribution is 0.137. The third-order valence-corrected chi connectivity index (χ3v) is 4.88. The third kappa shape index (κ3) is 2.67. The molecule has 3 aliphatic rings. The molecule has 2 fully saturated rings. The number of hydrogen-bond acceptors (Lipinski definition) is 2. The van der Waals surface area contributed by atoms with Gasteiger partial charge in [-0.3, -0.25) is 0 Å². The Balaban J connectivity index is 1.52. The number of nitrogens with one attached hydrogen (secondary N) is 1. The lowest BCUT2D eigenvalue weighted by Gasteiger charge is -2.34. The van der Waals surface area contributed by atoms with Crippen molar-refractivity contribution in [3.63, 3.8) is 0 Å². The maximum absolute atomic E-state index is 3.75. The van der Waals surface area contributed by atoms with Crippen molar-refractivity contribution in [1.82, 2.24) is 10.4 Å². The van der Waals surface area contributed by atoms with Gasteiger partial charge in [-0.25, -0.2) is 5.43 Å². The number of hydrazine groups is 1. The Hall–Kier alpha value is -0.500. The number of rotatable bonds is 2. The lowest BCUT2D eigenvalue weighted by atomic mass is 9.84. The van der Waals surface area contributed by atoms with Gasteiger partial charge in [-0.2, -0.15) is 0 Å². The molecule has 1 aliphatic heterocycles. The fourth-order valence-electron chi connectivity index (χ4n) is 3.79. The van der Waals surface area contributed by atoms with Gasteiger partial charge in [0.2, 0.25) is 0 Å². The van der Waals surface area contributed by atoms with E-state index in [0.717, 1.165) is 12.0 Å². The first-order chi connectivity index (χ1) is 8.43. The van der Waals surface area contributed by atoms with Crippen LogP contribution in [0.3, 0.4) is 0 Å². The molecule has 17 heavy (non-hydrogen) atoms. The van der Waals surface area contributed by atoms with Gasteiger partial charge in [-0.05, 0) is 37.7 Å². The fraction of sp³-hybridized carbons (Fsp3) is 0.867.